The highest BCUT2D eigenvalue weighted by molar-refractivity contribution is 7.14. The third-order valence-corrected chi connectivity index (χ3v) is 4.92. The van der Waals surface area contributed by atoms with E-state index in [-0.39, 0.29) is 11.9 Å². The number of hydrogen-bond donors (Lipinski definition) is 1. The van der Waals surface area contributed by atoms with Gasteiger partial charge in [-0.2, -0.15) is 0 Å². The van der Waals surface area contributed by atoms with Gasteiger partial charge in [-0.05, 0) is 26.0 Å². The van der Waals surface area contributed by atoms with Crippen LogP contribution in [0.5, 0.6) is 0 Å². The number of nitrogen functional groups attached to an aromatic ring is 1. The minimum atomic E-state index is -0.367. The average molecular weight is 362 g/mol. The predicted octanol–water partition coefficient (Wildman–Crippen LogP) is 3.92. The Morgan fingerprint density at radius 1 is 1.00 bits per heavy atom. The van der Waals surface area contributed by atoms with Gasteiger partial charge in [0.2, 0.25) is 0 Å². The van der Waals surface area contributed by atoms with E-state index < -0.39 is 0 Å². The summed E-state index contributed by atoms with van der Waals surface area (Å²) in [5.41, 5.74) is 6.03. The number of hydrogen-bond acceptors (Lipinski definition) is 7. The molecule has 2 aromatic rings. The van der Waals surface area contributed by atoms with Gasteiger partial charge >= 0.3 is 11.9 Å². The van der Waals surface area contributed by atoms with Crippen molar-refractivity contribution in [3.05, 3.63) is 36.7 Å². The average Bonchev–Trinajstić information content (AvgIpc) is 2.99. The first-order chi connectivity index (χ1) is 10.3. The van der Waals surface area contributed by atoms with Crippen LogP contribution < -0.4 is 5.73 Å². The molecule has 22 heavy (non-hydrogen) atoms. The second-order valence-corrected chi connectivity index (χ2v) is 7.08. The van der Waals surface area contributed by atoms with Crippen LogP contribution in [0.25, 0.3) is 0 Å². The van der Waals surface area contributed by atoms with Crippen molar-refractivity contribution in [2.75, 3.05) is 20.0 Å². The largest absolute Gasteiger partial charge is 0.465 e. The Kier molecular flexibility index (Phi) is 6.86. The number of esters is 2. The highest BCUT2D eigenvalue weighted by atomic mass is 35.5. The third kappa shape index (κ3) is 4.72. The molecule has 0 spiro atoms. The van der Waals surface area contributed by atoms with Crippen molar-refractivity contribution in [3.8, 4) is 0 Å². The number of ether oxygens (including phenoxy) is 2. The van der Waals surface area contributed by atoms with Crippen molar-refractivity contribution in [3.63, 3.8) is 0 Å². The molecule has 0 unspecified atom stereocenters. The summed E-state index contributed by atoms with van der Waals surface area (Å²) in [6.45, 7) is 3.79. The number of nitrogens with two attached hydrogens (primary N) is 1. The van der Waals surface area contributed by atoms with Crippen molar-refractivity contribution >= 4 is 51.9 Å². The van der Waals surface area contributed by atoms with Crippen molar-refractivity contribution in [2.45, 2.75) is 13.8 Å². The van der Waals surface area contributed by atoms with Gasteiger partial charge in [0.25, 0.3) is 0 Å². The normalized spacial score (nSPS) is 9.68. The molecule has 5 nitrogen and oxygen atoms in total. The van der Waals surface area contributed by atoms with E-state index in [2.05, 4.69) is 9.47 Å². The fourth-order valence-electron chi connectivity index (χ4n) is 1.50. The van der Waals surface area contributed by atoms with Crippen molar-refractivity contribution in [1.82, 2.24) is 0 Å². The molecule has 0 aliphatic carbocycles. The van der Waals surface area contributed by atoms with E-state index in [1.54, 1.807) is 12.1 Å². The molecule has 0 aromatic carbocycles. The minimum Gasteiger partial charge on any atom is -0.465 e. The van der Waals surface area contributed by atoms with Gasteiger partial charge < -0.3 is 15.2 Å². The molecule has 0 radical (unpaired) electrons. The van der Waals surface area contributed by atoms with Gasteiger partial charge in [-0.15, -0.1) is 22.7 Å². The third-order valence-electron chi connectivity index (χ3n) is 2.44. The fourth-order valence-corrected chi connectivity index (χ4v) is 3.60. The maximum absolute atomic E-state index is 11.0. The Morgan fingerprint density at radius 2 is 1.45 bits per heavy atom. The summed E-state index contributed by atoms with van der Waals surface area (Å²) in [6, 6.07) is 3.51. The molecular weight excluding hydrogens is 346 g/mol. The topological polar surface area (TPSA) is 78.6 Å². The second kappa shape index (κ2) is 8.17. The summed E-state index contributed by atoms with van der Waals surface area (Å²) in [4.78, 5) is 24.9. The molecule has 0 saturated heterocycles. The summed E-state index contributed by atoms with van der Waals surface area (Å²) in [5, 5.41) is 0.472. The van der Waals surface area contributed by atoms with Gasteiger partial charge in [-0.25, -0.2) is 9.59 Å². The lowest BCUT2D eigenvalue weighted by molar-refractivity contribution is 0.0598. The Bertz CT molecular complexity index is 620. The zero-order valence-corrected chi connectivity index (χ0v) is 14.9. The second-order valence-electron chi connectivity index (χ2n) is 4.16. The van der Waals surface area contributed by atoms with Crippen LogP contribution >= 0.6 is 34.3 Å². The molecular formula is C14H16ClNO4S2. The Morgan fingerprint density at radius 3 is 1.82 bits per heavy atom. The minimum absolute atomic E-state index is 0.361. The van der Waals surface area contributed by atoms with Crippen LogP contribution in [-0.2, 0) is 9.47 Å². The maximum atomic E-state index is 11.0. The summed E-state index contributed by atoms with van der Waals surface area (Å²) in [6.07, 6.45) is 0. The van der Waals surface area contributed by atoms with Gasteiger partial charge in [-0.1, -0.05) is 11.6 Å². The van der Waals surface area contributed by atoms with Crippen LogP contribution in [0.15, 0.2) is 12.1 Å². The molecule has 2 rings (SSSR count). The Hall–Kier alpha value is -1.57. The van der Waals surface area contributed by atoms with Gasteiger partial charge in [0, 0.05) is 9.75 Å². The Labute approximate surface area is 141 Å². The number of thiophene rings is 2. The van der Waals surface area contributed by atoms with Gasteiger partial charge in [-0.3, -0.25) is 0 Å². The van der Waals surface area contributed by atoms with E-state index in [4.69, 9.17) is 17.3 Å². The number of halogens is 1. The molecule has 2 heterocycles. The van der Waals surface area contributed by atoms with Gasteiger partial charge in [0.1, 0.15) is 9.75 Å². The molecule has 0 fully saturated rings. The van der Waals surface area contributed by atoms with Crippen molar-refractivity contribution in [1.29, 1.82) is 0 Å². The maximum Gasteiger partial charge on any atom is 0.350 e. The number of aryl methyl sites for hydroxylation is 2. The monoisotopic (exact) mass is 361 g/mol. The van der Waals surface area contributed by atoms with Crippen LogP contribution in [0.3, 0.4) is 0 Å². The first-order valence-electron chi connectivity index (χ1n) is 6.08. The van der Waals surface area contributed by atoms with E-state index in [1.165, 1.54) is 36.9 Å². The molecule has 2 N–H and O–H groups in total. The standard InChI is InChI=1S/C7H7ClO2S.C7H9NO2S/c2*1-4-3-5(8)6(11-4)7(9)10-2/h3H,1-2H3;3H,8H2,1-2H3. The number of carbonyl (C=O) groups excluding carboxylic acids is 2. The van der Waals surface area contributed by atoms with Crippen LogP contribution in [0.2, 0.25) is 5.02 Å². The zero-order valence-electron chi connectivity index (χ0n) is 12.6. The van der Waals surface area contributed by atoms with E-state index >= 15 is 0 Å². The molecule has 0 saturated carbocycles. The van der Waals surface area contributed by atoms with E-state index in [9.17, 15) is 9.59 Å². The molecule has 8 heteroatoms. The molecule has 2 aromatic heterocycles. The summed E-state index contributed by atoms with van der Waals surface area (Å²) in [5.74, 6) is -0.728. The van der Waals surface area contributed by atoms with E-state index in [1.807, 2.05) is 13.8 Å². The van der Waals surface area contributed by atoms with E-state index in [0.717, 1.165) is 9.75 Å². The summed E-state index contributed by atoms with van der Waals surface area (Å²) < 4.78 is 9.04. The smallest absolute Gasteiger partial charge is 0.350 e. The van der Waals surface area contributed by atoms with Crippen LogP contribution in [0.4, 0.5) is 5.69 Å². The highest BCUT2D eigenvalue weighted by Gasteiger charge is 2.13. The SMILES string of the molecule is COC(=O)c1sc(C)cc1Cl.COC(=O)c1sc(C)cc1N. The number of rotatable bonds is 2. The lowest BCUT2D eigenvalue weighted by atomic mass is 10.4. The quantitative estimate of drug-likeness (QED) is 0.820. The fraction of sp³-hybridized carbons (Fsp3) is 0.286. The molecule has 0 amide bonds. The van der Waals surface area contributed by atoms with Crippen LogP contribution in [0, 0.1) is 13.8 Å². The molecule has 0 atom stereocenters. The zero-order chi connectivity index (χ0) is 16.9. The van der Waals surface area contributed by atoms with Gasteiger partial charge in [0.15, 0.2) is 0 Å². The predicted molar refractivity (Wildman–Crippen MR) is 90.2 cm³/mol. The van der Waals surface area contributed by atoms with E-state index in [0.29, 0.717) is 20.5 Å². The molecule has 0 aliphatic heterocycles. The van der Waals surface area contributed by atoms with Crippen molar-refractivity contribution in [2.24, 2.45) is 0 Å². The molecule has 0 aliphatic rings. The van der Waals surface area contributed by atoms with Gasteiger partial charge in [0.05, 0.1) is 24.9 Å². The lowest BCUT2D eigenvalue weighted by Gasteiger charge is -1.94. The summed E-state index contributed by atoms with van der Waals surface area (Å²) in [7, 11) is 2.69. The van der Waals surface area contributed by atoms with Crippen LogP contribution in [-0.4, -0.2) is 26.2 Å². The highest BCUT2D eigenvalue weighted by Crippen LogP contribution is 2.26. The Balaban J connectivity index is 0.000000220. The van der Waals surface area contributed by atoms with Crippen molar-refractivity contribution < 1.29 is 19.1 Å². The van der Waals surface area contributed by atoms with Crippen LogP contribution in [0.1, 0.15) is 29.1 Å². The number of anilines is 1. The summed E-state index contributed by atoms with van der Waals surface area (Å²) >= 11 is 8.42. The molecule has 120 valence electrons. The first-order valence-corrected chi connectivity index (χ1v) is 8.09. The first kappa shape index (κ1) is 18.5. The molecule has 0 bridgehead atoms. The number of carbonyl (C=O) groups is 2. The number of methoxy groups -OCH3 is 2. The lowest BCUT2D eigenvalue weighted by Crippen LogP contribution is -2.00.